The van der Waals surface area contributed by atoms with Gasteiger partial charge in [0.1, 0.15) is 23.2 Å². The summed E-state index contributed by atoms with van der Waals surface area (Å²) < 4.78 is 15.3. The summed E-state index contributed by atoms with van der Waals surface area (Å²) in [5.74, 6) is 1.20. The van der Waals surface area contributed by atoms with Crippen molar-refractivity contribution in [1.29, 1.82) is 0 Å². The van der Waals surface area contributed by atoms with Crippen LogP contribution >= 0.6 is 0 Å². The highest BCUT2D eigenvalue weighted by atomic mass is 19.1. The van der Waals surface area contributed by atoms with Crippen LogP contribution in [0, 0.1) is 5.82 Å². The zero-order chi connectivity index (χ0) is 23.5. The quantitative estimate of drug-likeness (QED) is 0.395. The molecule has 3 aromatic heterocycles. The summed E-state index contributed by atoms with van der Waals surface area (Å²) in [5.41, 5.74) is 2.35. The van der Waals surface area contributed by atoms with Crippen molar-refractivity contribution >= 4 is 5.95 Å². The summed E-state index contributed by atoms with van der Waals surface area (Å²) in [4.78, 5) is 31.8. The molecule has 0 amide bonds. The molecule has 0 saturated carbocycles. The van der Waals surface area contributed by atoms with E-state index in [2.05, 4.69) is 25.3 Å². The number of benzene rings is 2. The fourth-order valence-corrected chi connectivity index (χ4v) is 3.58. The van der Waals surface area contributed by atoms with Gasteiger partial charge >= 0.3 is 5.69 Å². The Labute approximate surface area is 194 Å². The summed E-state index contributed by atoms with van der Waals surface area (Å²) in [6.45, 7) is 2.03. The van der Waals surface area contributed by atoms with E-state index in [9.17, 15) is 9.18 Å². The maximum absolute atomic E-state index is 13.6. The molecule has 3 heterocycles. The van der Waals surface area contributed by atoms with Crippen LogP contribution in [0.3, 0.4) is 0 Å². The minimum Gasteiger partial charge on any atom is -0.348 e. The molecule has 0 unspecified atom stereocenters. The molecule has 9 heteroatoms. The lowest BCUT2D eigenvalue weighted by Gasteiger charge is -2.15. The average Bonchev–Trinajstić information content (AvgIpc) is 3.31. The minimum atomic E-state index is -0.473. The summed E-state index contributed by atoms with van der Waals surface area (Å²) in [6.07, 6.45) is 4.84. The fourth-order valence-electron chi connectivity index (χ4n) is 3.58. The molecule has 168 valence electrons. The van der Waals surface area contributed by atoms with E-state index < -0.39 is 5.69 Å². The molecule has 0 aliphatic rings. The van der Waals surface area contributed by atoms with Gasteiger partial charge in [-0.05, 0) is 48.9 Å². The number of H-pyrrole nitrogens is 1. The summed E-state index contributed by atoms with van der Waals surface area (Å²) in [7, 11) is 0. The maximum Gasteiger partial charge on any atom is 0.345 e. The molecule has 8 nitrogen and oxygen atoms in total. The first-order valence-electron chi connectivity index (χ1n) is 10.6. The van der Waals surface area contributed by atoms with Gasteiger partial charge in [0.25, 0.3) is 0 Å². The Morgan fingerprint density at radius 3 is 2.47 bits per heavy atom. The summed E-state index contributed by atoms with van der Waals surface area (Å²) in [6, 6.07) is 19.4. The highest BCUT2D eigenvalue weighted by Crippen LogP contribution is 2.27. The number of hydrogen-bond donors (Lipinski definition) is 2. The maximum atomic E-state index is 13.6. The lowest BCUT2D eigenvalue weighted by Crippen LogP contribution is -2.10. The van der Waals surface area contributed by atoms with Crippen molar-refractivity contribution in [2.75, 3.05) is 5.32 Å². The Morgan fingerprint density at radius 2 is 1.71 bits per heavy atom. The summed E-state index contributed by atoms with van der Waals surface area (Å²) >= 11 is 0. The second-order valence-electron chi connectivity index (χ2n) is 7.63. The lowest BCUT2D eigenvalue weighted by atomic mass is 10.1. The van der Waals surface area contributed by atoms with Crippen molar-refractivity contribution in [2.24, 2.45) is 0 Å². The first-order valence-corrected chi connectivity index (χ1v) is 10.6. The second-order valence-corrected chi connectivity index (χ2v) is 7.63. The Balaban J connectivity index is 1.56. The predicted octanol–water partition coefficient (Wildman–Crippen LogP) is 4.39. The van der Waals surface area contributed by atoms with E-state index >= 15 is 0 Å². The topological polar surface area (TPSA) is 101 Å². The van der Waals surface area contributed by atoms with Crippen LogP contribution in [0.5, 0.6) is 0 Å². The van der Waals surface area contributed by atoms with Crippen LogP contribution in [0.4, 0.5) is 10.3 Å². The predicted molar refractivity (Wildman–Crippen MR) is 127 cm³/mol. The first kappa shape index (κ1) is 21.2. The Kier molecular flexibility index (Phi) is 5.65. The van der Waals surface area contributed by atoms with Crippen LogP contribution in [-0.4, -0.2) is 29.5 Å². The molecule has 0 radical (unpaired) electrons. The van der Waals surface area contributed by atoms with Crippen LogP contribution in [0.25, 0.3) is 28.6 Å². The van der Waals surface area contributed by atoms with Crippen LogP contribution in [0.15, 0.2) is 90.1 Å². The largest absolute Gasteiger partial charge is 0.348 e. The average molecular weight is 453 g/mol. The minimum absolute atomic E-state index is 0.00624. The highest BCUT2D eigenvalue weighted by molar-refractivity contribution is 5.65. The number of nitrogens with zero attached hydrogens (tertiary/aromatic N) is 5. The highest BCUT2D eigenvalue weighted by Gasteiger charge is 2.16. The van der Waals surface area contributed by atoms with Gasteiger partial charge in [0.05, 0.1) is 11.7 Å². The van der Waals surface area contributed by atoms with Crippen molar-refractivity contribution in [2.45, 2.75) is 13.0 Å². The van der Waals surface area contributed by atoms with Crippen molar-refractivity contribution in [3.8, 4) is 28.6 Å². The van der Waals surface area contributed by atoms with Crippen LogP contribution in [0.2, 0.25) is 0 Å². The first-order chi connectivity index (χ1) is 16.6. The normalized spacial score (nSPS) is 11.8. The van der Waals surface area contributed by atoms with E-state index in [1.54, 1.807) is 41.2 Å². The summed E-state index contributed by atoms with van der Waals surface area (Å²) in [5, 5.41) is 3.32. The van der Waals surface area contributed by atoms with Crippen molar-refractivity contribution in [3.05, 3.63) is 107 Å². The van der Waals surface area contributed by atoms with Crippen molar-refractivity contribution in [3.63, 3.8) is 0 Å². The molecular weight excluding hydrogens is 433 g/mol. The molecule has 1 atom stereocenters. The van der Waals surface area contributed by atoms with Crippen LogP contribution in [0.1, 0.15) is 18.5 Å². The monoisotopic (exact) mass is 453 g/mol. The smallest absolute Gasteiger partial charge is 0.345 e. The molecule has 34 heavy (non-hydrogen) atoms. The number of imidazole rings is 1. The molecule has 0 bridgehead atoms. The van der Waals surface area contributed by atoms with Gasteiger partial charge in [0.2, 0.25) is 5.95 Å². The van der Waals surface area contributed by atoms with Crippen LogP contribution in [-0.2, 0) is 0 Å². The molecule has 5 aromatic rings. The molecule has 2 aromatic carbocycles. The van der Waals surface area contributed by atoms with Gasteiger partial charge in [-0.3, -0.25) is 4.57 Å². The van der Waals surface area contributed by atoms with Gasteiger partial charge in [-0.15, -0.1) is 0 Å². The van der Waals surface area contributed by atoms with E-state index in [1.165, 1.54) is 18.3 Å². The lowest BCUT2D eigenvalue weighted by molar-refractivity contribution is 0.628. The standard InChI is InChI=1S/C25H20FN7O/c1-16(17-5-3-2-4-6-17)29-24-27-14-12-22(32-24)33-15-21(20-11-13-28-25(34)31-20)30-23(33)18-7-9-19(26)10-8-18/h2-16H,1H3,(H,27,29,32)(H,28,31,34)/t16-/m0/s1. The SMILES string of the molecule is C[C@H](Nc1nccc(-n2cc(-c3ccnc(=O)[nH]3)nc2-c2ccc(F)cc2)n1)c1ccccc1. The molecule has 0 saturated heterocycles. The van der Waals surface area contributed by atoms with E-state index in [0.29, 0.717) is 34.5 Å². The Hall–Kier alpha value is -4.66. The van der Waals surface area contributed by atoms with Gasteiger partial charge in [-0.1, -0.05) is 30.3 Å². The molecular formula is C25H20FN7O. The second kappa shape index (κ2) is 9.07. The fraction of sp³-hybridized carbons (Fsp3) is 0.0800. The van der Waals surface area contributed by atoms with Gasteiger partial charge in [0, 0.05) is 24.2 Å². The van der Waals surface area contributed by atoms with E-state index in [0.717, 1.165) is 5.56 Å². The van der Waals surface area contributed by atoms with E-state index in [4.69, 9.17) is 4.98 Å². The van der Waals surface area contributed by atoms with E-state index in [-0.39, 0.29) is 11.9 Å². The molecule has 0 aliphatic heterocycles. The number of anilines is 1. The number of aromatic nitrogens is 6. The third-order valence-electron chi connectivity index (χ3n) is 5.29. The van der Waals surface area contributed by atoms with Gasteiger partial charge in [0.15, 0.2) is 0 Å². The number of hydrogen-bond acceptors (Lipinski definition) is 6. The van der Waals surface area contributed by atoms with E-state index in [1.807, 2.05) is 37.3 Å². The molecule has 2 N–H and O–H groups in total. The van der Waals surface area contributed by atoms with Gasteiger partial charge in [-0.25, -0.2) is 24.1 Å². The zero-order valence-electron chi connectivity index (χ0n) is 18.2. The molecule has 0 spiro atoms. The Morgan fingerprint density at radius 1 is 0.941 bits per heavy atom. The third-order valence-corrected chi connectivity index (χ3v) is 5.29. The number of rotatable bonds is 6. The van der Waals surface area contributed by atoms with Gasteiger partial charge < -0.3 is 10.3 Å². The van der Waals surface area contributed by atoms with Crippen molar-refractivity contribution in [1.82, 2.24) is 29.5 Å². The van der Waals surface area contributed by atoms with Gasteiger partial charge in [-0.2, -0.15) is 4.98 Å². The Bertz CT molecular complexity index is 1480. The number of nitrogens with one attached hydrogen (secondary N) is 2. The third kappa shape index (κ3) is 4.44. The molecule has 0 fully saturated rings. The number of halogens is 1. The van der Waals surface area contributed by atoms with Crippen molar-refractivity contribution < 1.29 is 4.39 Å². The molecule has 0 aliphatic carbocycles. The molecule has 5 rings (SSSR count). The van der Waals surface area contributed by atoms with Crippen LogP contribution < -0.4 is 11.0 Å². The zero-order valence-corrected chi connectivity index (χ0v) is 18.2. The number of aromatic amines is 1.